The van der Waals surface area contributed by atoms with E-state index >= 15 is 0 Å². The molecule has 1 aromatic rings. The minimum absolute atomic E-state index is 0.0307. The van der Waals surface area contributed by atoms with Crippen LogP contribution in [0.5, 0.6) is 5.75 Å². The van der Waals surface area contributed by atoms with Gasteiger partial charge in [-0.3, -0.25) is 0 Å². The second-order valence-corrected chi connectivity index (χ2v) is 3.82. The standard InChI is InChI=1S/C13H15NO2/c1-2-15-12-5-3-4-10(8-12)13-11(9-14)6-7-16-13/h3-5,8,11,13H,2,6-7H2,1H3. The van der Waals surface area contributed by atoms with Gasteiger partial charge in [-0.25, -0.2) is 0 Å². The Morgan fingerprint density at radius 1 is 1.56 bits per heavy atom. The lowest BCUT2D eigenvalue weighted by Gasteiger charge is -2.14. The Bertz CT molecular complexity index is 397. The molecule has 0 bridgehead atoms. The lowest BCUT2D eigenvalue weighted by Crippen LogP contribution is -2.05. The van der Waals surface area contributed by atoms with Crippen LogP contribution < -0.4 is 4.74 Å². The predicted molar refractivity (Wildman–Crippen MR) is 60.0 cm³/mol. The molecule has 1 heterocycles. The third-order valence-corrected chi connectivity index (χ3v) is 2.76. The molecule has 0 N–H and O–H groups in total. The van der Waals surface area contributed by atoms with Crippen molar-refractivity contribution in [2.45, 2.75) is 19.4 Å². The Kier molecular flexibility index (Phi) is 3.43. The van der Waals surface area contributed by atoms with Crippen molar-refractivity contribution in [2.24, 2.45) is 5.92 Å². The van der Waals surface area contributed by atoms with Crippen molar-refractivity contribution in [3.63, 3.8) is 0 Å². The number of hydrogen-bond acceptors (Lipinski definition) is 3. The maximum atomic E-state index is 9.01. The predicted octanol–water partition coefficient (Wildman–Crippen LogP) is 2.69. The number of nitrogens with zero attached hydrogens (tertiary/aromatic N) is 1. The van der Waals surface area contributed by atoms with Crippen LogP contribution in [-0.4, -0.2) is 13.2 Å². The second-order valence-electron chi connectivity index (χ2n) is 3.82. The van der Waals surface area contributed by atoms with Crippen molar-refractivity contribution in [3.05, 3.63) is 29.8 Å². The van der Waals surface area contributed by atoms with Gasteiger partial charge in [-0.05, 0) is 31.0 Å². The molecule has 1 saturated heterocycles. The molecule has 0 saturated carbocycles. The molecule has 1 aromatic carbocycles. The first-order chi connectivity index (χ1) is 7.85. The van der Waals surface area contributed by atoms with Crippen LogP contribution in [0.4, 0.5) is 0 Å². The zero-order chi connectivity index (χ0) is 11.4. The fraction of sp³-hybridized carbons (Fsp3) is 0.462. The highest BCUT2D eigenvalue weighted by Gasteiger charge is 2.29. The molecule has 1 aliphatic heterocycles. The molecule has 0 spiro atoms. The second kappa shape index (κ2) is 5.00. The summed E-state index contributed by atoms with van der Waals surface area (Å²) < 4.78 is 11.0. The third-order valence-electron chi connectivity index (χ3n) is 2.76. The van der Waals surface area contributed by atoms with Gasteiger partial charge < -0.3 is 9.47 Å². The van der Waals surface area contributed by atoms with Crippen LogP contribution in [-0.2, 0) is 4.74 Å². The lowest BCUT2D eigenvalue weighted by molar-refractivity contribution is 0.100. The molecule has 1 fully saturated rings. The van der Waals surface area contributed by atoms with Crippen molar-refractivity contribution < 1.29 is 9.47 Å². The quantitative estimate of drug-likeness (QED) is 0.781. The summed E-state index contributed by atoms with van der Waals surface area (Å²) >= 11 is 0. The fourth-order valence-corrected chi connectivity index (χ4v) is 2.00. The average Bonchev–Trinajstić information content (AvgIpc) is 2.78. The van der Waals surface area contributed by atoms with E-state index in [9.17, 15) is 0 Å². The summed E-state index contributed by atoms with van der Waals surface area (Å²) in [5, 5.41) is 9.01. The molecule has 84 valence electrons. The van der Waals surface area contributed by atoms with Gasteiger partial charge in [0.05, 0.1) is 24.7 Å². The Morgan fingerprint density at radius 2 is 2.44 bits per heavy atom. The molecule has 3 nitrogen and oxygen atoms in total. The average molecular weight is 217 g/mol. The highest BCUT2D eigenvalue weighted by molar-refractivity contribution is 5.31. The minimum Gasteiger partial charge on any atom is -0.494 e. The molecule has 0 amide bonds. The summed E-state index contributed by atoms with van der Waals surface area (Å²) in [5.41, 5.74) is 1.04. The Morgan fingerprint density at radius 3 is 3.19 bits per heavy atom. The van der Waals surface area contributed by atoms with E-state index in [1.807, 2.05) is 31.2 Å². The van der Waals surface area contributed by atoms with Crippen molar-refractivity contribution in [1.29, 1.82) is 5.26 Å². The zero-order valence-corrected chi connectivity index (χ0v) is 9.35. The first-order valence-corrected chi connectivity index (χ1v) is 5.59. The number of nitriles is 1. The number of ether oxygens (including phenoxy) is 2. The summed E-state index contributed by atoms with van der Waals surface area (Å²) in [5.74, 6) is 0.809. The summed E-state index contributed by atoms with van der Waals surface area (Å²) in [6, 6.07) is 10.1. The van der Waals surface area contributed by atoms with Gasteiger partial charge in [0.15, 0.2) is 0 Å². The number of rotatable bonds is 3. The van der Waals surface area contributed by atoms with Crippen molar-refractivity contribution in [3.8, 4) is 11.8 Å². The smallest absolute Gasteiger partial charge is 0.119 e. The molecular formula is C13H15NO2. The number of hydrogen-bond donors (Lipinski definition) is 0. The molecule has 2 rings (SSSR count). The molecule has 1 aliphatic rings. The monoisotopic (exact) mass is 217 g/mol. The van der Waals surface area contributed by atoms with Gasteiger partial charge in [-0.1, -0.05) is 12.1 Å². The molecule has 0 aliphatic carbocycles. The molecule has 16 heavy (non-hydrogen) atoms. The van der Waals surface area contributed by atoms with Crippen LogP contribution in [0.15, 0.2) is 24.3 Å². The van der Waals surface area contributed by atoms with E-state index in [1.54, 1.807) is 0 Å². The van der Waals surface area contributed by atoms with Crippen LogP contribution in [0.25, 0.3) is 0 Å². The highest BCUT2D eigenvalue weighted by atomic mass is 16.5. The van der Waals surface area contributed by atoms with E-state index in [0.717, 1.165) is 17.7 Å². The zero-order valence-electron chi connectivity index (χ0n) is 9.35. The van der Waals surface area contributed by atoms with Crippen LogP contribution in [0.3, 0.4) is 0 Å². The summed E-state index contributed by atoms with van der Waals surface area (Å²) in [6.45, 7) is 3.27. The van der Waals surface area contributed by atoms with Gasteiger partial charge in [0.25, 0.3) is 0 Å². The molecule has 3 heteroatoms. The molecule has 0 radical (unpaired) electrons. The number of benzene rings is 1. The molecule has 0 aromatic heterocycles. The van der Waals surface area contributed by atoms with Gasteiger partial charge in [-0.15, -0.1) is 0 Å². The van der Waals surface area contributed by atoms with E-state index in [0.29, 0.717) is 13.2 Å². The maximum Gasteiger partial charge on any atom is 0.119 e. The first-order valence-electron chi connectivity index (χ1n) is 5.59. The fourth-order valence-electron chi connectivity index (χ4n) is 2.00. The van der Waals surface area contributed by atoms with Crippen molar-refractivity contribution in [2.75, 3.05) is 13.2 Å². The minimum atomic E-state index is -0.0922. The van der Waals surface area contributed by atoms with E-state index in [-0.39, 0.29) is 12.0 Å². The van der Waals surface area contributed by atoms with E-state index in [2.05, 4.69) is 6.07 Å². The van der Waals surface area contributed by atoms with Crippen LogP contribution >= 0.6 is 0 Å². The Labute approximate surface area is 95.6 Å². The third kappa shape index (κ3) is 2.17. The van der Waals surface area contributed by atoms with Gasteiger partial charge >= 0.3 is 0 Å². The summed E-state index contributed by atoms with van der Waals surface area (Å²) in [7, 11) is 0. The Hall–Kier alpha value is -1.53. The van der Waals surface area contributed by atoms with Gasteiger partial charge in [0.2, 0.25) is 0 Å². The summed E-state index contributed by atoms with van der Waals surface area (Å²) in [4.78, 5) is 0. The topological polar surface area (TPSA) is 42.2 Å². The summed E-state index contributed by atoms with van der Waals surface area (Å²) in [6.07, 6.45) is 0.727. The molecule has 2 atom stereocenters. The maximum absolute atomic E-state index is 9.01. The van der Waals surface area contributed by atoms with E-state index < -0.39 is 0 Å². The van der Waals surface area contributed by atoms with Gasteiger partial charge in [-0.2, -0.15) is 5.26 Å². The largest absolute Gasteiger partial charge is 0.494 e. The SMILES string of the molecule is CCOc1cccc(C2OCCC2C#N)c1. The normalized spacial score (nSPS) is 24.0. The van der Waals surface area contributed by atoms with Crippen molar-refractivity contribution in [1.82, 2.24) is 0 Å². The van der Waals surface area contributed by atoms with Gasteiger partial charge in [0.1, 0.15) is 5.75 Å². The first kappa shape index (κ1) is 11.0. The van der Waals surface area contributed by atoms with Crippen molar-refractivity contribution >= 4 is 0 Å². The van der Waals surface area contributed by atoms with Crippen LogP contribution in [0.2, 0.25) is 0 Å². The lowest BCUT2D eigenvalue weighted by atomic mass is 9.97. The van der Waals surface area contributed by atoms with Crippen LogP contribution in [0.1, 0.15) is 25.0 Å². The van der Waals surface area contributed by atoms with Crippen LogP contribution in [0, 0.1) is 17.2 Å². The van der Waals surface area contributed by atoms with Gasteiger partial charge in [0, 0.05) is 6.61 Å². The van der Waals surface area contributed by atoms with E-state index in [1.165, 1.54) is 0 Å². The highest BCUT2D eigenvalue weighted by Crippen LogP contribution is 2.35. The van der Waals surface area contributed by atoms with E-state index in [4.69, 9.17) is 14.7 Å². The molecular weight excluding hydrogens is 202 g/mol. The molecule has 2 unspecified atom stereocenters. The Balaban J connectivity index is 2.20.